The molecule has 134 valence electrons. The number of rotatable bonds is 4. The molecule has 0 aliphatic rings. The van der Waals surface area contributed by atoms with Crippen LogP contribution >= 0.6 is 22.7 Å². The Bertz CT molecular complexity index is 941. The Balaban J connectivity index is 1.75. The number of nitrogens with one attached hydrogen (secondary N) is 1. The minimum atomic E-state index is -0.642. The van der Waals surface area contributed by atoms with Crippen molar-refractivity contribution in [2.24, 2.45) is 0 Å². The number of carbonyl (C=O) groups excluding carboxylic acids is 2. The SMILES string of the molecule is CNC(=O)Oc1nnc(-c2csc(N(C)C(=O)c3ccc(F)cc3)n2)s1. The van der Waals surface area contributed by atoms with Gasteiger partial charge in [-0.3, -0.25) is 9.69 Å². The van der Waals surface area contributed by atoms with Crippen molar-refractivity contribution >= 4 is 39.8 Å². The fraction of sp³-hybridized carbons (Fsp3) is 0.133. The second-order valence-electron chi connectivity index (χ2n) is 4.90. The molecule has 3 rings (SSSR count). The molecule has 2 aromatic heterocycles. The zero-order chi connectivity index (χ0) is 18.7. The molecule has 0 saturated carbocycles. The molecule has 3 aromatic rings. The molecule has 0 saturated heterocycles. The molecule has 2 amide bonds. The molecule has 0 aliphatic carbocycles. The van der Waals surface area contributed by atoms with Crippen molar-refractivity contribution < 1.29 is 18.7 Å². The number of hydrogen-bond acceptors (Lipinski definition) is 8. The average Bonchev–Trinajstić information content (AvgIpc) is 3.30. The maximum atomic E-state index is 13.0. The zero-order valence-electron chi connectivity index (χ0n) is 13.6. The van der Waals surface area contributed by atoms with E-state index in [1.165, 1.54) is 47.5 Å². The molecule has 26 heavy (non-hydrogen) atoms. The first-order valence-electron chi connectivity index (χ1n) is 7.20. The molecule has 11 heteroatoms. The van der Waals surface area contributed by atoms with Gasteiger partial charge in [-0.15, -0.1) is 16.4 Å². The zero-order valence-corrected chi connectivity index (χ0v) is 15.2. The summed E-state index contributed by atoms with van der Waals surface area (Å²) in [6, 6.07) is 5.28. The van der Waals surface area contributed by atoms with Gasteiger partial charge in [0.25, 0.3) is 5.91 Å². The van der Waals surface area contributed by atoms with Crippen LogP contribution in [0.3, 0.4) is 0 Å². The summed E-state index contributed by atoms with van der Waals surface area (Å²) in [5, 5.41) is 12.7. The van der Waals surface area contributed by atoms with Gasteiger partial charge in [-0.2, -0.15) is 0 Å². The number of benzene rings is 1. The van der Waals surface area contributed by atoms with E-state index >= 15 is 0 Å². The van der Waals surface area contributed by atoms with E-state index < -0.39 is 11.9 Å². The highest BCUT2D eigenvalue weighted by Crippen LogP contribution is 2.31. The lowest BCUT2D eigenvalue weighted by Gasteiger charge is -2.13. The second-order valence-corrected chi connectivity index (χ2v) is 6.68. The van der Waals surface area contributed by atoms with Gasteiger partial charge in [0, 0.05) is 25.0 Å². The smallest absolute Gasteiger partial charge is 0.380 e. The maximum absolute atomic E-state index is 13.0. The topological polar surface area (TPSA) is 97.3 Å². The van der Waals surface area contributed by atoms with E-state index in [2.05, 4.69) is 20.5 Å². The first kappa shape index (κ1) is 17.9. The van der Waals surface area contributed by atoms with Gasteiger partial charge in [0.1, 0.15) is 11.5 Å². The Morgan fingerprint density at radius 3 is 2.65 bits per heavy atom. The molecule has 0 radical (unpaired) electrons. The lowest BCUT2D eigenvalue weighted by atomic mass is 10.2. The Morgan fingerprint density at radius 2 is 1.96 bits per heavy atom. The summed E-state index contributed by atoms with van der Waals surface area (Å²) in [5.74, 6) is -0.724. The number of nitrogens with zero attached hydrogens (tertiary/aromatic N) is 4. The fourth-order valence-electron chi connectivity index (χ4n) is 1.87. The molecule has 0 spiro atoms. The van der Waals surface area contributed by atoms with Crippen molar-refractivity contribution in [3.8, 4) is 15.9 Å². The lowest BCUT2D eigenvalue weighted by molar-refractivity contribution is 0.0993. The molecule has 1 N–H and O–H groups in total. The van der Waals surface area contributed by atoms with Crippen LogP contribution in [0.15, 0.2) is 29.6 Å². The average molecular weight is 393 g/mol. The predicted molar refractivity (Wildman–Crippen MR) is 95.2 cm³/mol. The summed E-state index contributed by atoms with van der Waals surface area (Å²) in [6.45, 7) is 0. The highest BCUT2D eigenvalue weighted by Gasteiger charge is 2.19. The number of amides is 2. The molecule has 0 unspecified atom stereocenters. The molecule has 0 bridgehead atoms. The van der Waals surface area contributed by atoms with Crippen LogP contribution in [-0.2, 0) is 0 Å². The van der Waals surface area contributed by atoms with Crippen molar-refractivity contribution in [2.75, 3.05) is 19.0 Å². The third-order valence-corrected chi connectivity index (χ3v) is 4.93. The van der Waals surface area contributed by atoms with Gasteiger partial charge >= 0.3 is 11.3 Å². The third kappa shape index (κ3) is 3.83. The number of ether oxygens (including phenoxy) is 1. The van der Waals surface area contributed by atoms with Crippen LogP contribution in [0.5, 0.6) is 5.19 Å². The van der Waals surface area contributed by atoms with Gasteiger partial charge in [-0.1, -0.05) is 16.4 Å². The number of hydrogen-bond donors (Lipinski definition) is 1. The van der Waals surface area contributed by atoms with Crippen LogP contribution in [0.4, 0.5) is 14.3 Å². The van der Waals surface area contributed by atoms with Gasteiger partial charge in [-0.05, 0) is 24.3 Å². The van der Waals surface area contributed by atoms with E-state index in [0.717, 1.165) is 11.3 Å². The molecule has 0 aliphatic heterocycles. The Kier molecular flexibility index (Phi) is 5.19. The number of thiazole rings is 1. The molecular weight excluding hydrogens is 381 g/mol. The molecule has 8 nitrogen and oxygen atoms in total. The van der Waals surface area contributed by atoms with Crippen molar-refractivity contribution in [3.05, 3.63) is 41.0 Å². The van der Waals surface area contributed by atoms with Crippen LogP contribution in [0.1, 0.15) is 10.4 Å². The summed E-state index contributed by atoms with van der Waals surface area (Å²) in [7, 11) is 3.01. The van der Waals surface area contributed by atoms with E-state index in [-0.39, 0.29) is 11.1 Å². The molecule has 0 atom stereocenters. The molecular formula is C15H12FN5O3S2. The fourth-order valence-corrected chi connectivity index (χ4v) is 3.38. The number of anilines is 1. The first-order chi connectivity index (χ1) is 12.5. The molecule has 1 aromatic carbocycles. The van der Waals surface area contributed by atoms with Crippen molar-refractivity contribution in [2.45, 2.75) is 0 Å². The van der Waals surface area contributed by atoms with Crippen molar-refractivity contribution in [3.63, 3.8) is 0 Å². The summed E-state index contributed by atoms with van der Waals surface area (Å²) in [4.78, 5) is 29.3. The number of carbonyl (C=O) groups is 2. The quantitative estimate of drug-likeness (QED) is 0.732. The van der Waals surface area contributed by atoms with E-state index in [4.69, 9.17) is 4.74 Å². The van der Waals surface area contributed by atoms with E-state index in [1.54, 1.807) is 12.4 Å². The Labute approximate surface area is 155 Å². The summed E-state index contributed by atoms with van der Waals surface area (Å²) in [5.41, 5.74) is 0.857. The molecule has 2 heterocycles. The maximum Gasteiger partial charge on any atom is 0.414 e. The Hall–Kier alpha value is -2.92. The summed E-state index contributed by atoms with van der Waals surface area (Å²) in [6.07, 6.45) is -0.642. The van der Waals surface area contributed by atoms with Gasteiger partial charge in [0.15, 0.2) is 10.1 Å². The highest BCUT2D eigenvalue weighted by molar-refractivity contribution is 7.17. The lowest BCUT2D eigenvalue weighted by Crippen LogP contribution is -2.26. The summed E-state index contributed by atoms with van der Waals surface area (Å²) < 4.78 is 17.9. The summed E-state index contributed by atoms with van der Waals surface area (Å²) >= 11 is 2.30. The minimum absolute atomic E-state index is 0.0876. The van der Waals surface area contributed by atoms with Gasteiger partial charge < -0.3 is 10.1 Å². The highest BCUT2D eigenvalue weighted by atomic mass is 32.1. The van der Waals surface area contributed by atoms with Crippen LogP contribution < -0.4 is 15.0 Å². The van der Waals surface area contributed by atoms with E-state index in [0.29, 0.717) is 21.4 Å². The second kappa shape index (κ2) is 7.54. The third-order valence-electron chi connectivity index (χ3n) is 3.18. The standard InChI is InChI=1S/C15H12FN5O3S2/c1-17-14(23)24-15-20-19-11(26-15)10-7-25-13(18-10)21(2)12(22)8-3-5-9(16)6-4-8/h3-7H,1-2H3,(H,17,23). The van der Waals surface area contributed by atoms with Crippen LogP contribution in [0.25, 0.3) is 10.7 Å². The van der Waals surface area contributed by atoms with Gasteiger partial charge in [0.2, 0.25) is 0 Å². The van der Waals surface area contributed by atoms with Gasteiger partial charge in [0.05, 0.1) is 0 Å². The minimum Gasteiger partial charge on any atom is -0.380 e. The number of halogens is 1. The number of aromatic nitrogens is 3. The molecule has 0 fully saturated rings. The van der Waals surface area contributed by atoms with Crippen LogP contribution in [0, 0.1) is 5.82 Å². The van der Waals surface area contributed by atoms with Crippen molar-refractivity contribution in [1.29, 1.82) is 0 Å². The van der Waals surface area contributed by atoms with Crippen LogP contribution in [-0.4, -0.2) is 41.3 Å². The monoisotopic (exact) mass is 393 g/mol. The first-order valence-corrected chi connectivity index (χ1v) is 8.90. The van der Waals surface area contributed by atoms with Gasteiger partial charge in [-0.25, -0.2) is 14.2 Å². The normalized spacial score (nSPS) is 10.4. The van der Waals surface area contributed by atoms with Crippen LogP contribution in [0.2, 0.25) is 0 Å². The largest absolute Gasteiger partial charge is 0.414 e. The van der Waals surface area contributed by atoms with E-state index in [9.17, 15) is 14.0 Å². The van der Waals surface area contributed by atoms with E-state index in [1.807, 2.05) is 0 Å². The predicted octanol–water partition coefficient (Wildman–Crippen LogP) is 2.80. The van der Waals surface area contributed by atoms with Crippen molar-refractivity contribution in [1.82, 2.24) is 20.5 Å². The Morgan fingerprint density at radius 1 is 1.23 bits per heavy atom.